The van der Waals surface area contributed by atoms with Gasteiger partial charge in [0, 0.05) is 17.6 Å². The first kappa shape index (κ1) is 18.4. The van der Waals surface area contributed by atoms with Crippen molar-refractivity contribution in [2.45, 2.75) is 26.2 Å². The van der Waals surface area contributed by atoms with E-state index in [2.05, 4.69) is 21.2 Å². The minimum atomic E-state index is -3.31. The number of carbonyl (C=O) groups is 1. The van der Waals surface area contributed by atoms with E-state index in [0.29, 0.717) is 30.3 Å². The molecular formula is C15H20BrFN2O3S. The van der Waals surface area contributed by atoms with Crippen molar-refractivity contribution in [2.75, 3.05) is 24.2 Å². The van der Waals surface area contributed by atoms with Gasteiger partial charge in [0.15, 0.2) is 0 Å². The quantitative estimate of drug-likeness (QED) is 0.816. The first-order valence-corrected chi connectivity index (χ1v) is 9.97. The smallest absolute Gasteiger partial charge is 0.228 e. The van der Waals surface area contributed by atoms with Crippen molar-refractivity contribution in [1.82, 2.24) is 4.31 Å². The molecule has 1 aromatic carbocycles. The summed E-state index contributed by atoms with van der Waals surface area (Å²) in [6.07, 6.45) is 1.77. The highest BCUT2D eigenvalue weighted by atomic mass is 79.9. The molecule has 1 atom stereocenters. The Morgan fingerprint density at radius 3 is 2.87 bits per heavy atom. The zero-order valence-electron chi connectivity index (χ0n) is 12.9. The molecule has 1 fully saturated rings. The van der Waals surface area contributed by atoms with E-state index in [-0.39, 0.29) is 23.9 Å². The Morgan fingerprint density at radius 1 is 1.48 bits per heavy atom. The van der Waals surface area contributed by atoms with Crippen LogP contribution in [-0.2, 0) is 14.8 Å². The number of nitrogens with one attached hydrogen (secondary N) is 1. The summed E-state index contributed by atoms with van der Waals surface area (Å²) >= 11 is 3.16. The second-order valence-corrected chi connectivity index (χ2v) is 8.63. The average molecular weight is 407 g/mol. The highest BCUT2D eigenvalue weighted by Gasteiger charge is 2.32. The molecule has 5 nitrogen and oxygen atoms in total. The summed E-state index contributed by atoms with van der Waals surface area (Å²) in [6.45, 7) is 2.41. The molecule has 1 aromatic rings. The van der Waals surface area contributed by atoms with Crippen LogP contribution in [-0.4, -0.2) is 37.5 Å². The summed E-state index contributed by atoms with van der Waals surface area (Å²) in [6, 6.07) is 4.39. The summed E-state index contributed by atoms with van der Waals surface area (Å²) < 4.78 is 40.0. The fourth-order valence-electron chi connectivity index (χ4n) is 2.62. The van der Waals surface area contributed by atoms with E-state index in [0.717, 1.165) is 0 Å². The van der Waals surface area contributed by atoms with Gasteiger partial charge < -0.3 is 5.32 Å². The van der Waals surface area contributed by atoms with Crippen molar-refractivity contribution < 1.29 is 17.6 Å². The van der Waals surface area contributed by atoms with Crippen molar-refractivity contribution >= 4 is 37.5 Å². The first-order valence-electron chi connectivity index (χ1n) is 7.57. The van der Waals surface area contributed by atoms with Crippen LogP contribution in [0.5, 0.6) is 0 Å². The van der Waals surface area contributed by atoms with Crippen LogP contribution in [0.3, 0.4) is 0 Å². The lowest BCUT2D eigenvalue weighted by Gasteiger charge is -2.31. The van der Waals surface area contributed by atoms with Crippen molar-refractivity contribution in [3.05, 3.63) is 28.5 Å². The first-order chi connectivity index (χ1) is 10.8. The van der Waals surface area contributed by atoms with E-state index in [4.69, 9.17) is 0 Å². The fourth-order valence-corrected chi connectivity index (χ4v) is 4.54. The van der Waals surface area contributed by atoms with Gasteiger partial charge in [-0.25, -0.2) is 17.1 Å². The van der Waals surface area contributed by atoms with Gasteiger partial charge in [-0.3, -0.25) is 4.79 Å². The summed E-state index contributed by atoms with van der Waals surface area (Å²) in [5.41, 5.74) is 0.103. The predicted molar refractivity (Wildman–Crippen MR) is 91.1 cm³/mol. The number of sulfonamides is 1. The van der Waals surface area contributed by atoms with E-state index >= 15 is 0 Å². The van der Waals surface area contributed by atoms with Crippen LogP contribution in [0.4, 0.5) is 10.1 Å². The molecular weight excluding hydrogens is 387 g/mol. The molecule has 1 heterocycles. The van der Waals surface area contributed by atoms with Crippen molar-refractivity contribution in [3.8, 4) is 0 Å². The number of piperidine rings is 1. The van der Waals surface area contributed by atoms with Crippen LogP contribution in [0.15, 0.2) is 22.7 Å². The highest BCUT2D eigenvalue weighted by molar-refractivity contribution is 9.10. The summed E-state index contributed by atoms with van der Waals surface area (Å²) in [4.78, 5) is 12.3. The minimum Gasteiger partial charge on any atom is -0.323 e. The van der Waals surface area contributed by atoms with Crippen molar-refractivity contribution in [1.29, 1.82) is 0 Å². The number of benzene rings is 1. The van der Waals surface area contributed by atoms with E-state index in [9.17, 15) is 17.6 Å². The largest absolute Gasteiger partial charge is 0.323 e. The summed E-state index contributed by atoms with van der Waals surface area (Å²) in [5.74, 6) is -1.25. The van der Waals surface area contributed by atoms with E-state index in [1.54, 1.807) is 6.07 Å². The predicted octanol–water partition coefficient (Wildman–Crippen LogP) is 2.98. The Kier molecular flexibility index (Phi) is 6.16. The second-order valence-electron chi connectivity index (χ2n) is 5.63. The number of hydrogen-bond acceptors (Lipinski definition) is 3. The second kappa shape index (κ2) is 7.72. The lowest BCUT2D eigenvalue weighted by atomic mass is 9.98. The Bertz CT molecular complexity index is 681. The van der Waals surface area contributed by atoms with Gasteiger partial charge in [-0.05, 0) is 37.5 Å². The van der Waals surface area contributed by atoms with E-state index in [1.807, 2.05) is 6.92 Å². The molecule has 23 heavy (non-hydrogen) atoms. The van der Waals surface area contributed by atoms with Crippen LogP contribution < -0.4 is 5.32 Å². The lowest BCUT2D eigenvalue weighted by Crippen LogP contribution is -2.44. The molecule has 1 N–H and O–H groups in total. The number of nitrogens with zero attached hydrogens (tertiary/aromatic N) is 1. The maximum Gasteiger partial charge on any atom is 0.228 e. The van der Waals surface area contributed by atoms with Gasteiger partial charge in [0.1, 0.15) is 5.82 Å². The van der Waals surface area contributed by atoms with Gasteiger partial charge in [0.25, 0.3) is 0 Å². The number of halogens is 2. The summed E-state index contributed by atoms with van der Waals surface area (Å²) in [5, 5.41) is 2.55. The zero-order chi connectivity index (χ0) is 17.0. The van der Waals surface area contributed by atoms with E-state index < -0.39 is 21.8 Å². The third kappa shape index (κ3) is 4.74. The van der Waals surface area contributed by atoms with Gasteiger partial charge in [0.2, 0.25) is 15.9 Å². The molecule has 0 bridgehead atoms. The number of rotatable bonds is 5. The molecule has 1 aliphatic rings. The van der Waals surface area contributed by atoms with Gasteiger partial charge in [-0.2, -0.15) is 0 Å². The Balaban J connectivity index is 2.05. The van der Waals surface area contributed by atoms with Gasteiger partial charge >= 0.3 is 0 Å². The van der Waals surface area contributed by atoms with Gasteiger partial charge in [0.05, 0.1) is 17.4 Å². The normalized spacial score (nSPS) is 19.5. The van der Waals surface area contributed by atoms with Gasteiger partial charge in [-0.1, -0.05) is 22.9 Å². The van der Waals surface area contributed by atoms with Crippen LogP contribution in [0.25, 0.3) is 0 Å². The molecule has 0 radical (unpaired) electrons. The van der Waals surface area contributed by atoms with Gasteiger partial charge in [-0.15, -0.1) is 0 Å². The number of amides is 1. The van der Waals surface area contributed by atoms with E-state index in [1.165, 1.54) is 16.4 Å². The number of anilines is 1. The lowest BCUT2D eigenvalue weighted by molar-refractivity contribution is -0.120. The SMILES string of the molecule is CCCS(=O)(=O)N1CCC[C@H](C(=O)Nc2ccc(Br)cc2F)C1. The highest BCUT2D eigenvalue weighted by Crippen LogP contribution is 2.24. The molecule has 0 saturated carbocycles. The summed E-state index contributed by atoms with van der Waals surface area (Å²) in [7, 11) is -3.31. The molecule has 1 saturated heterocycles. The maximum atomic E-state index is 13.8. The molecule has 0 aromatic heterocycles. The molecule has 128 valence electrons. The van der Waals surface area contributed by atoms with Crippen LogP contribution >= 0.6 is 15.9 Å². The van der Waals surface area contributed by atoms with Crippen molar-refractivity contribution in [3.63, 3.8) is 0 Å². The Morgan fingerprint density at radius 2 is 2.22 bits per heavy atom. The minimum absolute atomic E-state index is 0.0860. The molecule has 1 aliphatic heterocycles. The standard InChI is InChI=1S/C15H20BrFN2O3S/c1-2-8-23(21,22)19-7-3-4-11(10-19)15(20)18-14-6-5-12(16)9-13(14)17/h5-6,9,11H,2-4,7-8,10H2,1H3,(H,18,20)/t11-/m0/s1. The number of hydrogen-bond donors (Lipinski definition) is 1. The van der Waals surface area contributed by atoms with Crippen molar-refractivity contribution in [2.24, 2.45) is 5.92 Å². The molecule has 0 unspecified atom stereocenters. The maximum absolute atomic E-state index is 13.8. The average Bonchev–Trinajstić information content (AvgIpc) is 2.50. The zero-order valence-corrected chi connectivity index (χ0v) is 15.3. The topological polar surface area (TPSA) is 66.5 Å². The molecule has 8 heteroatoms. The third-order valence-corrected chi connectivity index (χ3v) is 6.34. The molecule has 1 amide bonds. The third-order valence-electron chi connectivity index (χ3n) is 3.80. The van der Waals surface area contributed by atoms with Crippen LogP contribution in [0.1, 0.15) is 26.2 Å². The van der Waals surface area contributed by atoms with Crippen LogP contribution in [0, 0.1) is 11.7 Å². The monoisotopic (exact) mass is 406 g/mol. The van der Waals surface area contributed by atoms with Crippen LogP contribution in [0.2, 0.25) is 0 Å². The molecule has 0 spiro atoms. The Hall–Kier alpha value is -0.990. The molecule has 2 rings (SSSR count). The fraction of sp³-hybridized carbons (Fsp3) is 0.533. The number of carbonyl (C=O) groups excluding carboxylic acids is 1. The Labute approximate surface area is 144 Å². The molecule has 0 aliphatic carbocycles.